The lowest BCUT2D eigenvalue weighted by atomic mass is 10.3. The molecule has 0 spiro atoms. The van der Waals surface area contributed by atoms with Crippen LogP contribution < -0.4 is 9.47 Å². The molecule has 0 amide bonds. The molecule has 2 aromatic rings. The summed E-state index contributed by atoms with van der Waals surface area (Å²) in [6, 6.07) is 0.219. The lowest BCUT2D eigenvalue weighted by Gasteiger charge is -2.04. The molecule has 0 aromatic carbocycles. The summed E-state index contributed by atoms with van der Waals surface area (Å²) >= 11 is 0. The van der Waals surface area contributed by atoms with Gasteiger partial charge in [-0.15, -0.1) is 10.2 Å². The third-order valence-corrected chi connectivity index (χ3v) is 1.86. The van der Waals surface area contributed by atoms with Crippen LogP contribution in [0, 0.1) is 6.92 Å². The van der Waals surface area contributed by atoms with E-state index in [0.717, 1.165) is 0 Å². The number of aromatic nitrogens is 4. The van der Waals surface area contributed by atoms with Crippen LogP contribution in [-0.4, -0.2) is 34.4 Å². The molecule has 7 heteroatoms. The third kappa shape index (κ3) is 1.79. The zero-order chi connectivity index (χ0) is 11.5. The molecule has 0 saturated carbocycles. The molecular weight excluding hydrogens is 212 g/mol. The van der Waals surface area contributed by atoms with E-state index >= 15 is 0 Å². The Morgan fingerprint density at radius 1 is 1.19 bits per heavy atom. The molecular formula is C9H10N4O3. The van der Waals surface area contributed by atoms with Gasteiger partial charge in [-0.05, 0) is 0 Å². The number of hydrogen-bond acceptors (Lipinski definition) is 7. The highest BCUT2D eigenvalue weighted by atomic mass is 16.5. The summed E-state index contributed by atoms with van der Waals surface area (Å²) in [7, 11) is 2.97. The van der Waals surface area contributed by atoms with Gasteiger partial charge in [-0.1, -0.05) is 0 Å². The number of rotatable bonds is 3. The minimum atomic E-state index is 0.219. The van der Waals surface area contributed by atoms with Gasteiger partial charge in [0.15, 0.2) is 0 Å². The van der Waals surface area contributed by atoms with Gasteiger partial charge in [0, 0.05) is 6.92 Å². The van der Waals surface area contributed by atoms with Gasteiger partial charge >= 0.3 is 6.01 Å². The van der Waals surface area contributed by atoms with Gasteiger partial charge < -0.3 is 13.9 Å². The van der Waals surface area contributed by atoms with E-state index in [4.69, 9.17) is 13.9 Å². The molecule has 0 aliphatic carbocycles. The van der Waals surface area contributed by atoms with Crippen molar-refractivity contribution in [1.29, 1.82) is 0 Å². The molecule has 0 aliphatic heterocycles. The summed E-state index contributed by atoms with van der Waals surface area (Å²) in [5, 5.41) is 7.58. The highest BCUT2D eigenvalue weighted by Gasteiger charge is 2.15. The molecule has 0 fully saturated rings. The summed E-state index contributed by atoms with van der Waals surface area (Å²) in [4.78, 5) is 7.96. The average Bonchev–Trinajstić information content (AvgIpc) is 2.74. The van der Waals surface area contributed by atoms with Crippen molar-refractivity contribution in [2.75, 3.05) is 14.2 Å². The van der Waals surface area contributed by atoms with E-state index in [1.807, 2.05) is 0 Å². The van der Waals surface area contributed by atoms with Gasteiger partial charge in [0.1, 0.15) is 5.56 Å². The highest BCUT2D eigenvalue weighted by Crippen LogP contribution is 2.27. The van der Waals surface area contributed by atoms with Crippen molar-refractivity contribution < 1.29 is 13.9 Å². The predicted octanol–water partition coefficient (Wildman–Crippen LogP) is 0.852. The van der Waals surface area contributed by atoms with Crippen LogP contribution in [0.15, 0.2) is 10.6 Å². The quantitative estimate of drug-likeness (QED) is 0.761. The zero-order valence-electron chi connectivity index (χ0n) is 9.09. The summed E-state index contributed by atoms with van der Waals surface area (Å²) in [5.41, 5.74) is 0.531. The Hall–Kier alpha value is -2.18. The van der Waals surface area contributed by atoms with Crippen molar-refractivity contribution in [2.24, 2.45) is 0 Å². The summed E-state index contributed by atoms with van der Waals surface area (Å²) in [6.07, 6.45) is 1.51. The fourth-order valence-corrected chi connectivity index (χ4v) is 1.16. The standard InChI is InChI=1S/C9H10N4O3/c1-5-12-13-8(16-5)6-4-10-9(15-3)11-7(6)14-2/h4H,1-3H3. The summed E-state index contributed by atoms with van der Waals surface area (Å²) in [6.45, 7) is 1.70. The van der Waals surface area contributed by atoms with Crippen LogP contribution in [0.2, 0.25) is 0 Å². The predicted molar refractivity (Wildman–Crippen MR) is 53.2 cm³/mol. The minimum absolute atomic E-state index is 0.219. The van der Waals surface area contributed by atoms with E-state index in [2.05, 4.69) is 20.2 Å². The molecule has 0 N–H and O–H groups in total. The highest BCUT2D eigenvalue weighted by molar-refractivity contribution is 5.58. The third-order valence-electron chi connectivity index (χ3n) is 1.86. The Morgan fingerprint density at radius 2 is 2.00 bits per heavy atom. The Balaban J connectivity index is 2.48. The van der Waals surface area contributed by atoms with E-state index in [1.165, 1.54) is 20.4 Å². The van der Waals surface area contributed by atoms with Crippen LogP contribution >= 0.6 is 0 Å². The van der Waals surface area contributed by atoms with Crippen molar-refractivity contribution in [3.8, 4) is 23.3 Å². The largest absolute Gasteiger partial charge is 0.480 e. The van der Waals surface area contributed by atoms with Crippen molar-refractivity contribution in [3.63, 3.8) is 0 Å². The smallest absolute Gasteiger partial charge is 0.319 e. The molecule has 16 heavy (non-hydrogen) atoms. The topological polar surface area (TPSA) is 83.2 Å². The zero-order valence-corrected chi connectivity index (χ0v) is 9.09. The fraction of sp³-hybridized carbons (Fsp3) is 0.333. The molecule has 0 aliphatic rings. The molecule has 0 bridgehead atoms. The second-order valence-corrected chi connectivity index (χ2v) is 2.91. The minimum Gasteiger partial charge on any atom is -0.480 e. The summed E-state index contributed by atoms with van der Waals surface area (Å²) in [5.74, 6) is 1.11. The number of nitrogens with zero attached hydrogens (tertiary/aromatic N) is 4. The van der Waals surface area contributed by atoms with E-state index in [9.17, 15) is 0 Å². The first-order valence-electron chi connectivity index (χ1n) is 4.50. The Kier molecular flexibility index (Phi) is 2.67. The second kappa shape index (κ2) is 4.13. The molecule has 0 radical (unpaired) electrons. The molecule has 0 saturated heterocycles. The first-order chi connectivity index (χ1) is 7.74. The normalized spacial score (nSPS) is 10.2. The van der Waals surface area contributed by atoms with Crippen molar-refractivity contribution >= 4 is 0 Å². The van der Waals surface area contributed by atoms with E-state index < -0.39 is 0 Å². The molecule has 0 atom stereocenters. The van der Waals surface area contributed by atoms with Crippen LogP contribution in [0.25, 0.3) is 11.5 Å². The maximum atomic E-state index is 5.26. The van der Waals surface area contributed by atoms with Crippen molar-refractivity contribution in [1.82, 2.24) is 20.2 Å². The monoisotopic (exact) mass is 222 g/mol. The van der Waals surface area contributed by atoms with Crippen molar-refractivity contribution in [3.05, 3.63) is 12.1 Å². The number of hydrogen-bond donors (Lipinski definition) is 0. The van der Waals surface area contributed by atoms with Gasteiger partial charge in [-0.3, -0.25) is 0 Å². The molecule has 2 aromatic heterocycles. The molecule has 7 nitrogen and oxygen atoms in total. The van der Waals surface area contributed by atoms with Gasteiger partial charge in [0.05, 0.1) is 20.4 Å². The molecule has 2 rings (SSSR count). The lowest BCUT2D eigenvalue weighted by molar-refractivity contribution is 0.352. The average molecular weight is 222 g/mol. The van der Waals surface area contributed by atoms with Gasteiger partial charge in [0.2, 0.25) is 11.8 Å². The van der Waals surface area contributed by atoms with Crippen LogP contribution in [0.5, 0.6) is 11.9 Å². The lowest BCUT2D eigenvalue weighted by Crippen LogP contribution is -1.97. The van der Waals surface area contributed by atoms with Crippen molar-refractivity contribution in [2.45, 2.75) is 6.92 Å². The van der Waals surface area contributed by atoms with Crippen LogP contribution in [0.4, 0.5) is 0 Å². The number of methoxy groups -OCH3 is 2. The first-order valence-corrected chi connectivity index (χ1v) is 4.50. The van der Waals surface area contributed by atoms with E-state index in [1.54, 1.807) is 6.92 Å². The molecule has 2 heterocycles. The van der Waals surface area contributed by atoms with Crippen LogP contribution in [0.3, 0.4) is 0 Å². The second-order valence-electron chi connectivity index (χ2n) is 2.91. The fourth-order valence-electron chi connectivity index (χ4n) is 1.16. The van der Waals surface area contributed by atoms with Gasteiger partial charge in [-0.2, -0.15) is 4.98 Å². The van der Waals surface area contributed by atoms with E-state index in [-0.39, 0.29) is 6.01 Å². The molecule has 84 valence electrons. The van der Waals surface area contributed by atoms with Crippen LogP contribution in [-0.2, 0) is 0 Å². The maximum absolute atomic E-state index is 5.26. The van der Waals surface area contributed by atoms with Crippen LogP contribution in [0.1, 0.15) is 5.89 Å². The Bertz CT molecular complexity index is 497. The number of ether oxygens (including phenoxy) is 2. The summed E-state index contributed by atoms with van der Waals surface area (Å²) < 4.78 is 15.2. The maximum Gasteiger partial charge on any atom is 0.319 e. The van der Waals surface area contributed by atoms with Gasteiger partial charge in [-0.25, -0.2) is 4.98 Å². The Morgan fingerprint density at radius 3 is 2.56 bits per heavy atom. The van der Waals surface area contributed by atoms with Gasteiger partial charge in [0.25, 0.3) is 5.89 Å². The SMILES string of the molecule is COc1ncc(-c2nnc(C)o2)c(OC)n1. The Labute approximate surface area is 91.5 Å². The molecule has 0 unspecified atom stereocenters. The first kappa shape index (κ1) is 10.3. The van der Waals surface area contributed by atoms with E-state index in [0.29, 0.717) is 23.2 Å². The number of aryl methyl sites for hydroxylation is 1.